The van der Waals surface area contributed by atoms with E-state index in [2.05, 4.69) is 35.3 Å². The van der Waals surface area contributed by atoms with Gasteiger partial charge in [-0.15, -0.1) is 0 Å². The Kier molecular flexibility index (Phi) is 4.27. The lowest BCUT2D eigenvalue weighted by molar-refractivity contribution is -0.134. The Morgan fingerprint density at radius 1 is 1.35 bits per heavy atom. The van der Waals surface area contributed by atoms with E-state index in [1.165, 1.54) is 22.1 Å². The van der Waals surface area contributed by atoms with Crippen LogP contribution >= 0.6 is 0 Å². The summed E-state index contributed by atoms with van der Waals surface area (Å²) in [5, 5.41) is 1.28. The SMILES string of the molecule is CCN(CC)C(=O)[C@@H]1C=C2c3cc(OC)cc4[nH]cc(c34)CC2N(C)C1. The highest BCUT2D eigenvalue weighted by Gasteiger charge is 2.36. The first-order chi connectivity index (χ1) is 12.6. The van der Waals surface area contributed by atoms with Crippen LogP contribution in [-0.4, -0.2) is 60.5 Å². The van der Waals surface area contributed by atoms with E-state index in [0.717, 1.165) is 37.3 Å². The van der Waals surface area contributed by atoms with Gasteiger partial charge in [-0.2, -0.15) is 0 Å². The fraction of sp³-hybridized carbons (Fsp3) is 0.476. The lowest BCUT2D eigenvalue weighted by Crippen LogP contribution is -2.47. The largest absolute Gasteiger partial charge is 0.497 e. The van der Waals surface area contributed by atoms with Gasteiger partial charge in [-0.3, -0.25) is 9.69 Å². The van der Waals surface area contributed by atoms with Crippen molar-refractivity contribution in [1.29, 1.82) is 0 Å². The van der Waals surface area contributed by atoms with Crippen LogP contribution in [0.2, 0.25) is 0 Å². The Morgan fingerprint density at radius 2 is 2.12 bits per heavy atom. The second-order valence-corrected chi connectivity index (χ2v) is 7.31. The molecule has 1 aliphatic heterocycles. The van der Waals surface area contributed by atoms with Crippen LogP contribution in [0.1, 0.15) is 25.0 Å². The number of benzene rings is 1. The van der Waals surface area contributed by atoms with Crippen molar-refractivity contribution in [2.75, 3.05) is 33.8 Å². The smallest absolute Gasteiger partial charge is 0.230 e. The van der Waals surface area contributed by atoms with E-state index in [1.807, 2.05) is 24.8 Å². The second-order valence-electron chi connectivity index (χ2n) is 7.31. The average molecular weight is 353 g/mol. The number of hydrogen-bond acceptors (Lipinski definition) is 3. The topological polar surface area (TPSA) is 48.6 Å². The van der Waals surface area contributed by atoms with Gasteiger partial charge >= 0.3 is 0 Å². The third-order valence-corrected chi connectivity index (χ3v) is 5.94. The van der Waals surface area contributed by atoms with Crippen molar-refractivity contribution in [3.63, 3.8) is 0 Å². The minimum Gasteiger partial charge on any atom is -0.497 e. The third kappa shape index (κ3) is 2.53. The Balaban J connectivity index is 1.84. The number of aromatic nitrogens is 1. The maximum atomic E-state index is 13.0. The third-order valence-electron chi connectivity index (χ3n) is 5.94. The van der Waals surface area contributed by atoms with E-state index < -0.39 is 0 Å². The van der Waals surface area contributed by atoms with E-state index in [4.69, 9.17) is 4.74 Å². The molecule has 0 radical (unpaired) electrons. The summed E-state index contributed by atoms with van der Waals surface area (Å²) in [4.78, 5) is 20.6. The van der Waals surface area contributed by atoms with E-state index in [1.54, 1.807) is 7.11 Å². The number of nitrogens with one attached hydrogen (secondary N) is 1. The van der Waals surface area contributed by atoms with Crippen molar-refractivity contribution in [3.05, 3.63) is 35.5 Å². The molecule has 5 nitrogen and oxygen atoms in total. The van der Waals surface area contributed by atoms with Crippen LogP contribution in [0.3, 0.4) is 0 Å². The van der Waals surface area contributed by atoms with Crippen LogP contribution in [0.4, 0.5) is 0 Å². The van der Waals surface area contributed by atoms with Gasteiger partial charge in [0.05, 0.1) is 13.0 Å². The predicted octanol–water partition coefficient (Wildman–Crippen LogP) is 2.91. The zero-order valence-corrected chi connectivity index (χ0v) is 16.0. The lowest BCUT2D eigenvalue weighted by atomic mass is 9.79. The number of methoxy groups -OCH3 is 1. The molecule has 0 bridgehead atoms. The van der Waals surface area contributed by atoms with Gasteiger partial charge in [-0.1, -0.05) is 6.08 Å². The number of aromatic amines is 1. The number of amides is 1. The highest BCUT2D eigenvalue weighted by atomic mass is 16.5. The summed E-state index contributed by atoms with van der Waals surface area (Å²) in [6.45, 7) is 6.38. The first-order valence-electron chi connectivity index (χ1n) is 9.46. The molecular formula is C21H27N3O2. The second kappa shape index (κ2) is 6.47. The average Bonchev–Trinajstić information content (AvgIpc) is 3.06. The number of hydrogen-bond donors (Lipinski definition) is 1. The number of carbonyl (C=O) groups is 1. The molecule has 2 heterocycles. The molecule has 0 saturated heterocycles. The van der Waals surface area contributed by atoms with Gasteiger partial charge in [0.2, 0.25) is 5.91 Å². The molecule has 5 heteroatoms. The molecule has 1 amide bonds. The molecule has 2 aliphatic rings. The summed E-state index contributed by atoms with van der Waals surface area (Å²) in [6.07, 6.45) is 5.31. The van der Waals surface area contributed by atoms with Crippen LogP contribution in [0.25, 0.3) is 16.5 Å². The van der Waals surface area contributed by atoms with Gasteiger partial charge in [0.15, 0.2) is 0 Å². The lowest BCUT2D eigenvalue weighted by Gasteiger charge is -2.40. The minimum atomic E-state index is -0.0899. The first kappa shape index (κ1) is 17.2. The first-order valence-corrected chi connectivity index (χ1v) is 9.46. The Labute approximate surface area is 154 Å². The van der Waals surface area contributed by atoms with Crippen LogP contribution in [0.15, 0.2) is 24.4 Å². The molecule has 1 aromatic heterocycles. The van der Waals surface area contributed by atoms with Gasteiger partial charge in [0, 0.05) is 48.8 Å². The normalized spacial score (nSPS) is 22.1. The van der Waals surface area contributed by atoms with Crippen molar-refractivity contribution in [2.24, 2.45) is 5.92 Å². The summed E-state index contributed by atoms with van der Waals surface area (Å²) < 4.78 is 5.52. The zero-order valence-electron chi connectivity index (χ0n) is 16.0. The molecule has 2 atom stereocenters. The van der Waals surface area contributed by atoms with Crippen LogP contribution in [0.5, 0.6) is 5.75 Å². The molecule has 0 spiro atoms. The van der Waals surface area contributed by atoms with Crippen LogP contribution < -0.4 is 4.74 Å². The Morgan fingerprint density at radius 3 is 2.81 bits per heavy atom. The quantitative estimate of drug-likeness (QED) is 0.919. The number of rotatable bonds is 4. The van der Waals surface area contributed by atoms with E-state index >= 15 is 0 Å². The number of ether oxygens (including phenoxy) is 1. The monoisotopic (exact) mass is 353 g/mol. The molecule has 4 rings (SSSR count). The van der Waals surface area contributed by atoms with Gasteiger partial charge in [0.1, 0.15) is 5.75 Å². The summed E-state index contributed by atoms with van der Waals surface area (Å²) in [6, 6.07) is 4.48. The van der Waals surface area contributed by atoms with E-state index in [9.17, 15) is 4.79 Å². The summed E-state index contributed by atoms with van der Waals surface area (Å²) in [7, 11) is 3.83. The fourth-order valence-electron chi connectivity index (χ4n) is 4.54. The van der Waals surface area contributed by atoms with Crippen molar-refractivity contribution >= 4 is 22.4 Å². The number of likely N-dealkylation sites (N-methyl/N-ethyl adjacent to an activating group) is 1. The van der Waals surface area contributed by atoms with Gasteiger partial charge in [-0.25, -0.2) is 0 Å². The molecule has 1 aliphatic carbocycles. The minimum absolute atomic E-state index is 0.0899. The van der Waals surface area contributed by atoms with Gasteiger partial charge in [0.25, 0.3) is 0 Å². The molecule has 26 heavy (non-hydrogen) atoms. The van der Waals surface area contributed by atoms with Crippen molar-refractivity contribution in [3.8, 4) is 5.75 Å². The van der Waals surface area contributed by atoms with Gasteiger partial charge < -0.3 is 14.6 Å². The fourth-order valence-corrected chi connectivity index (χ4v) is 4.54. The molecule has 138 valence electrons. The summed E-state index contributed by atoms with van der Waals surface area (Å²) in [5.41, 5.74) is 4.92. The number of nitrogens with zero attached hydrogens (tertiary/aromatic N) is 2. The molecule has 1 N–H and O–H groups in total. The summed E-state index contributed by atoms with van der Waals surface area (Å²) in [5.74, 6) is 0.988. The predicted molar refractivity (Wildman–Crippen MR) is 104 cm³/mol. The molecule has 0 fully saturated rings. The van der Waals surface area contributed by atoms with E-state index in [0.29, 0.717) is 6.04 Å². The Bertz CT molecular complexity index is 879. The summed E-state index contributed by atoms with van der Waals surface area (Å²) >= 11 is 0. The number of H-pyrrole nitrogens is 1. The maximum absolute atomic E-state index is 13.0. The van der Waals surface area contributed by atoms with Crippen molar-refractivity contribution in [2.45, 2.75) is 26.3 Å². The molecule has 2 aromatic rings. The highest BCUT2D eigenvalue weighted by molar-refractivity contribution is 6.00. The highest BCUT2D eigenvalue weighted by Crippen LogP contribution is 2.42. The van der Waals surface area contributed by atoms with E-state index in [-0.39, 0.29) is 11.8 Å². The molecular weight excluding hydrogens is 326 g/mol. The van der Waals surface area contributed by atoms with Crippen LogP contribution in [0, 0.1) is 5.92 Å². The number of carbonyl (C=O) groups excluding carboxylic acids is 1. The standard InChI is InChI=1S/C21H27N3O2/c1-5-24(6-2)21(25)14-7-16-17-9-15(26-4)10-18-20(17)13(11-22-18)8-19(16)23(3)12-14/h7,9-11,14,19,22H,5-6,8,12H2,1-4H3/t14-,19?/m1/s1. The Hall–Kier alpha value is -2.27. The zero-order chi connectivity index (χ0) is 18.4. The molecule has 0 saturated carbocycles. The van der Waals surface area contributed by atoms with Crippen molar-refractivity contribution in [1.82, 2.24) is 14.8 Å². The molecule has 1 unspecified atom stereocenters. The maximum Gasteiger partial charge on any atom is 0.230 e. The van der Waals surface area contributed by atoms with Gasteiger partial charge in [-0.05, 0) is 50.1 Å². The van der Waals surface area contributed by atoms with Crippen molar-refractivity contribution < 1.29 is 9.53 Å². The number of fused-ring (bicyclic) bond motifs is 2. The molecule has 1 aromatic carbocycles. The van der Waals surface area contributed by atoms with Crippen LogP contribution in [-0.2, 0) is 11.2 Å².